The van der Waals surface area contributed by atoms with Crippen LogP contribution < -0.4 is 5.32 Å². The molecule has 0 unspecified atom stereocenters. The average molecular weight is 177 g/mol. The second-order valence-corrected chi connectivity index (χ2v) is 4.03. The highest BCUT2D eigenvalue weighted by Crippen LogP contribution is 2.00. The minimum atomic E-state index is -0.355. The van der Waals surface area contributed by atoms with E-state index in [1.54, 1.807) is 0 Å². The third kappa shape index (κ3) is 7.52. The molecule has 0 aliphatic rings. The van der Waals surface area contributed by atoms with E-state index in [2.05, 4.69) is 5.32 Å². The summed E-state index contributed by atoms with van der Waals surface area (Å²) in [5, 5.41) is 2.68. The molecule has 0 aliphatic heterocycles. The van der Waals surface area contributed by atoms with Gasteiger partial charge in [0.2, 0.25) is 0 Å². The molecular weight excluding hydrogens is 162 g/mol. The molecule has 66 valence electrons. The van der Waals surface area contributed by atoms with Crippen LogP contribution >= 0.6 is 11.8 Å². The van der Waals surface area contributed by atoms with E-state index in [9.17, 15) is 4.79 Å². The summed E-state index contributed by atoms with van der Waals surface area (Å²) in [4.78, 5) is 10.9. The van der Waals surface area contributed by atoms with Gasteiger partial charge in [0.05, 0.1) is 0 Å². The molecule has 4 heteroatoms. The van der Waals surface area contributed by atoms with Crippen molar-refractivity contribution in [2.45, 2.75) is 26.3 Å². The van der Waals surface area contributed by atoms with Gasteiger partial charge in [-0.25, -0.2) is 4.79 Å². The Bertz CT molecular complexity index is 131. The number of amides is 1. The highest BCUT2D eigenvalue weighted by Gasteiger charge is 2.13. The monoisotopic (exact) mass is 177 g/mol. The zero-order valence-electron chi connectivity index (χ0n) is 7.43. The van der Waals surface area contributed by atoms with Crippen LogP contribution in [0.2, 0.25) is 0 Å². The van der Waals surface area contributed by atoms with E-state index in [4.69, 9.17) is 4.74 Å². The topological polar surface area (TPSA) is 38.3 Å². The fourth-order valence-electron chi connectivity index (χ4n) is 0.455. The molecule has 0 saturated carbocycles. The van der Waals surface area contributed by atoms with Crippen molar-refractivity contribution in [1.82, 2.24) is 5.32 Å². The van der Waals surface area contributed by atoms with Crippen molar-refractivity contribution in [2.24, 2.45) is 0 Å². The Balaban J connectivity index is 3.53. The molecule has 11 heavy (non-hydrogen) atoms. The Morgan fingerprint density at radius 3 is 2.45 bits per heavy atom. The van der Waals surface area contributed by atoms with Crippen LogP contribution in [0.4, 0.5) is 4.79 Å². The zero-order valence-corrected chi connectivity index (χ0v) is 8.25. The Labute approximate surface area is 71.9 Å². The summed E-state index contributed by atoms with van der Waals surface area (Å²) in [6.07, 6.45) is 1.52. The third-order valence-corrected chi connectivity index (χ3v) is 1.14. The van der Waals surface area contributed by atoms with Crippen molar-refractivity contribution < 1.29 is 9.53 Å². The van der Waals surface area contributed by atoms with Crippen LogP contribution in [0.1, 0.15) is 20.8 Å². The number of nitrogens with one attached hydrogen (secondary N) is 1. The van der Waals surface area contributed by atoms with Crippen molar-refractivity contribution in [3.63, 3.8) is 0 Å². The summed E-state index contributed by atoms with van der Waals surface area (Å²) < 4.78 is 4.78. The molecule has 0 bridgehead atoms. The van der Waals surface area contributed by atoms with E-state index in [0.717, 1.165) is 0 Å². The molecule has 3 nitrogen and oxygen atoms in total. The van der Waals surface area contributed by atoms with Gasteiger partial charge >= 0.3 is 6.09 Å². The number of ether oxygens (including phenoxy) is 1. The highest BCUT2D eigenvalue weighted by atomic mass is 32.2. The van der Waals surface area contributed by atoms with Gasteiger partial charge in [0.15, 0.2) is 0 Å². The Hall–Kier alpha value is -0.380. The Morgan fingerprint density at radius 1 is 1.55 bits per heavy atom. The zero-order chi connectivity index (χ0) is 8.91. The summed E-state index contributed by atoms with van der Waals surface area (Å²) >= 11 is 1.47. The molecule has 0 aromatic carbocycles. The molecule has 1 amide bonds. The van der Waals surface area contributed by atoms with Crippen molar-refractivity contribution in [3.05, 3.63) is 0 Å². The quantitative estimate of drug-likeness (QED) is 0.654. The second-order valence-electron chi connectivity index (χ2n) is 3.21. The number of alkyl carbamates (subject to hydrolysis) is 1. The standard InChI is InChI=1S/C7H15NO2S/c1-7(2,3)8-6(9)10-5-11-4/h5H2,1-4H3,(H,8,9). The molecular formula is C7H15NO2S. The summed E-state index contributed by atoms with van der Waals surface area (Å²) in [6.45, 7) is 5.73. The molecule has 0 aromatic rings. The fourth-order valence-corrected chi connectivity index (χ4v) is 0.680. The van der Waals surface area contributed by atoms with Crippen molar-refractivity contribution >= 4 is 17.9 Å². The second kappa shape index (κ2) is 4.49. The lowest BCUT2D eigenvalue weighted by Crippen LogP contribution is -2.40. The maximum Gasteiger partial charge on any atom is 0.408 e. The third-order valence-electron chi connectivity index (χ3n) is 0.785. The molecule has 0 saturated heterocycles. The first kappa shape index (κ1) is 10.6. The van der Waals surface area contributed by atoms with E-state index in [1.165, 1.54) is 11.8 Å². The SMILES string of the molecule is CSCOC(=O)NC(C)(C)C. The van der Waals surface area contributed by atoms with E-state index in [0.29, 0.717) is 5.94 Å². The molecule has 0 heterocycles. The predicted octanol–water partition coefficient (Wildman–Crippen LogP) is 1.83. The Morgan fingerprint density at radius 2 is 2.09 bits per heavy atom. The maximum atomic E-state index is 10.9. The van der Waals surface area contributed by atoms with Crippen LogP contribution in [0, 0.1) is 0 Å². The van der Waals surface area contributed by atoms with Crippen molar-refractivity contribution in [1.29, 1.82) is 0 Å². The molecule has 0 atom stereocenters. The van der Waals surface area contributed by atoms with Crippen LogP contribution in [0.3, 0.4) is 0 Å². The summed E-state index contributed by atoms with van der Waals surface area (Å²) in [5.41, 5.74) is -0.213. The molecule has 0 rings (SSSR count). The molecule has 0 spiro atoms. The predicted molar refractivity (Wildman–Crippen MR) is 47.8 cm³/mol. The summed E-state index contributed by atoms with van der Waals surface area (Å²) in [6, 6.07) is 0. The lowest BCUT2D eigenvalue weighted by atomic mass is 10.1. The van der Waals surface area contributed by atoms with E-state index >= 15 is 0 Å². The fraction of sp³-hybridized carbons (Fsp3) is 0.857. The maximum absolute atomic E-state index is 10.9. The van der Waals surface area contributed by atoms with Crippen LogP contribution in [-0.4, -0.2) is 23.8 Å². The highest BCUT2D eigenvalue weighted by molar-refractivity contribution is 7.98. The first-order valence-corrected chi connectivity index (χ1v) is 4.79. The van der Waals surface area contributed by atoms with Gasteiger partial charge in [0.1, 0.15) is 5.94 Å². The molecule has 1 N–H and O–H groups in total. The van der Waals surface area contributed by atoms with Crippen LogP contribution in [-0.2, 0) is 4.74 Å². The van der Waals surface area contributed by atoms with Crippen LogP contribution in [0.25, 0.3) is 0 Å². The van der Waals surface area contributed by atoms with Gasteiger partial charge in [0, 0.05) is 5.54 Å². The lowest BCUT2D eigenvalue weighted by molar-refractivity contribution is 0.156. The normalized spacial score (nSPS) is 10.9. The van der Waals surface area contributed by atoms with Gasteiger partial charge in [0.25, 0.3) is 0 Å². The van der Waals surface area contributed by atoms with Crippen molar-refractivity contribution in [2.75, 3.05) is 12.2 Å². The number of carbonyl (C=O) groups is 1. The smallest absolute Gasteiger partial charge is 0.408 e. The Kier molecular flexibility index (Phi) is 4.33. The number of hydrogen-bond acceptors (Lipinski definition) is 3. The summed E-state index contributed by atoms with van der Waals surface area (Å²) in [5.74, 6) is 0.405. The first-order chi connectivity index (χ1) is 4.95. The number of thioether (sulfide) groups is 1. The van der Waals surface area contributed by atoms with Gasteiger partial charge < -0.3 is 10.1 Å². The molecule has 0 fully saturated rings. The van der Waals surface area contributed by atoms with E-state index in [-0.39, 0.29) is 11.6 Å². The first-order valence-electron chi connectivity index (χ1n) is 3.39. The van der Waals surface area contributed by atoms with E-state index in [1.807, 2.05) is 27.0 Å². The largest absolute Gasteiger partial charge is 0.439 e. The van der Waals surface area contributed by atoms with E-state index < -0.39 is 0 Å². The van der Waals surface area contributed by atoms with Crippen molar-refractivity contribution in [3.8, 4) is 0 Å². The average Bonchev–Trinajstić information content (AvgIpc) is 1.79. The van der Waals surface area contributed by atoms with Crippen LogP contribution in [0.15, 0.2) is 0 Å². The summed E-state index contributed by atoms with van der Waals surface area (Å²) in [7, 11) is 0. The molecule has 0 radical (unpaired) electrons. The minimum absolute atomic E-state index is 0.213. The number of carbonyl (C=O) groups excluding carboxylic acids is 1. The number of hydrogen-bond donors (Lipinski definition) is 1. The lowest BCUT2D eigenvalue weighted by Gasteiger charge is -2.19. The van der Waals surface area contributed by atoms with Gasteiger partial charge in [-0.15, -0.1) is 11.8 Å². The molecule has 0 aromatic heterocycles. The van der Waals surface area contributed by atoms with Gasteiger partial charge in [-0.1, -0.05) is 0 Å². The van der Waals surface area contributed by atoms with Crippen LogP contribution in [0.5, 0.6) is 0 Å². The van der Waals surface area contributed by atoms with Gasteiger partial charge in [-0.2, -0.15) is 0 Å². The van der Waals surface area contributed by atoms with Gasteiger partial charge in [-0.05, 0) is 27.0 Å². The molecule has 0 aliphatic carbocycles. The van der Waals surface area contributed by atoms with Gasteiger partial charge in [-0.3, -0.25) is 0 Å². The minimum Gasteiger partial charge on any atom is -0.439 e. The number of rotatable bonds is 2.